The van der Waals surface area contributed by atoms with Gasteiger partial charge in [0.25, 0.3) is 0 Å². The van der Waals surface area contributed by atoms with Crippen LogP contribution < -0.4 is 16.0 Å². The summed E-state index contributed by atoms with van der Waals surface area (Å²) in [5, 5.41) is 0. The van der Waals surface area contributed by atoms with E-state index in [0.717, 1.165) is 37.6 Å². The number of hydrogen-bond donors (Lipinski definition) is 2. The number of nitrogens with zero attached hydrogens (tertiary/aromatic N) is 2. The van der Waals surface area contributed by atoms with E-state index in [1.165, 1.54) is 0 Å². The van der Waals surface area contributed by atoms with Gasteiger partial charge in [-0.25, -0.2) is 0 Å². The number of morpholine rings is 1. The summed E-state index contributed by atoms with van der Waals surface area (Å²) in [5.41, 5.74) is 3.84. The standard InChI is InChI=1S/C14H24N4O2/c1-3-18-5-6-20-13(10-18)14(17-15)11-7-12(19-4-2)9-16-8-11/h7-9,13-14,17H,3-6,10,15H2,1-2H3. The summed E-state index contributed by atoms with van der Waals surface area (Å²) in [6.07, 6.45) is 3.54. The fourth-order valence-electron chi connectivity index (χ4n) is 2.49. The number of pyridine rings is 1. The molecule has 6 nitrogen and oxygen atoms in total. The lowest BCUT2D eigenvalue weighted by Gasteiger charge is -2.36. The largest absolute Gasteiger partial charge is 0.492 e. The highest BCUT2D eigenvalue weighted by Gasteiger charge is 2.28. The number of likely N-dealkylation sites (N-methyl/N-ethyl adjacent to an activating group) is 1. The van der Waals surface area contributed by atoms with Gasteiger partial charge in [-0.3, -0.25) is 21.2 Å². The Hall–Kier alpha value is -1.21. The molecular formula is C14H24N4O2. The van der Waals surface area contributed by atoms with E-state index in [-0.39, 0.29) is 12.1 Å². The average Bonchev–Trinajstić information content (AvgIpc) is 2.49. The van der Waals surface area contributed by atoms with Crippen molar-refractivity contribution in [2.24, 2.45) is 5.84 Å². The second kappa shape index (κ2) is 7.54. The molecule has 2 heterocycles. The van der Waals surface area contributed by atoms with E-state index < -0.39 is 0 Å². The van der Waals surface area contributed by atoms with E-state index >= 15 is 0 Å². The van der Waals surface area contributed by atoms with Gasteiger partial charge >= 0.3 is 0 Å². The van der Waals surface area contributed by atoms with Gasteiger partial charge < -0.3 is 9.47 Å². The zero-order valence-corrected chi connectivity index (χ0v) is 12.2. The van der Waals surface area contributed by atoms with Crippen LogP contribution in [0.15, 0.2) is 18.5 Å². The maximum atomic E-state index is 5.86. The summed E-state index contributed by atoms with van der Waals surface area (Å²) in [7, 11) is 0. The van der Waals surface area contributed by atoms with Crippen LogP contribution >= 0.6 is 0 Å². The second-order valence-corrected chi connectivity index (χ2v) is 4.83. The van der Waals surface area contributed by atoms with Crippen LogP contribution in [0.3, 0.4) is 0 Å². The van der Waals surface area contributed by atoms with Crippen LogP contribution in [-0.4, -0.2) is 48.8 Å². The van der Waals surface area contributed by atoms with Crippen molar-refractivity contribution in [1.29, 1.82) is 0 Å². The van der Waals surface area contributed by atoms with Crippen molar-refractivity contribution in [3.8, 4) is 5.75 Å². The van der Waals surface area contributed by atoms with E-state index in [1.807, 2.05) is 13.0 Å². The number of rotatable bonds is 6. The first-order chi connectivity index (χ1) is 9.78. The van der Waals surface area contributed by atoms with Crippen LogP contribution in [0.2, 0.25) is 0 Å². The van der Waals surface area contributed by atoms with Crippen LogP contribution in [-0.2, 0) is 4.74 Å². The average molecular weight is 280 g/mol. The molecule has 0 aromatic carbocycles. The fraction of sp³-hybridized carbons (Fsp3) is 0.643. The Balaban J connectivity index is 2.12. The Bertz CT molecular complexity index is 416. The first-order valence-corrected chi connectivity index (χ1v) is 7.16. The summed E-state index contributed by atoms with van der Waals surface area (Å²) >= 11 is 0. The summed E-state index contributed by atoms with van der Waals surface area (Å²) in [6, 6.07) is 1.88. The lowest BCUT2D eigenvalue weighted by molar-refractivity contribution is -0.0457. The quantitative estimate of drug-likeness (QED) is 0.590. The van der Waals surface area contributed by atoms with Crippen LogP contribution in [0.5, 0.6) is 5.75 Å². The van der Waals surface area contributed by atoms with Gasteiger partial charge in [-0.15, -0.1) is 0 Å². The molecule has 2 atom stereocenters. The number of aromatic nitrogens is 1. The van der Waals surface area contributed by atoms with Crippen molar-refractivity contribution < 1.29 is 9.47 Å². The summed E-state index contributed by atoms with van der Waals surface area (Å²) in [6.45, 7) is 8.32. The molecule has 0 aliphatic carbocycles. The van der Waals surface area contributed by atoms with Crippen molar-refractivity contribution in [2.45, 2.75) is 26.0 Å². The van der Waals surface area contributed by atoms with Crippen molar-refractivity contribution in [2.75, 3.05) is 32.8 Å². The first-order valence-electron chi connectivity index (χ1n) is 7.16. The van der Waals surface area contributed by atoms with E-state index in [1.54, 1.807) is 12.4 Å². The molecule has 1 fully saturated rings. The van der Waals surface area contributed by atoms with Gasteiger partial charge in [0.2, 0.25) is 0 Å². The molecule has 1 saturated heterocycles. The van der Waals surface area contributed by atoms with Crippen LogP contribution in [0.4, 0.5) is 0 Å². The van der Waals surface area contributed by atoms with E-state index in [4.69, 9.17) is 15.3 Å². The van der Waals surface area contributed by atoms with Crippen molar-refractivity contribution in [3.63, 3.8) is 0 Å². The van der Waals surface area contributed by atoms with Crippen LogP contribution in [0.25, 0.3) is 0 Å². The topological polar surface area (TPSA) is 72.6 Å². The molecule has 2 unspecified atom stereocenters. The highest BCUT2D eigenvalue weighted by atomic mass is 16.5. The summed E-state index contributed by atoms with van der Waals surface area (Å²) in [4.78, 5) is 6.58. The Morgan fingerprint density at radius 2 is 2.40 bits per heavy atom. The molecule has 1 aliphatic rings. The number of nitrogens with two attached hydrogens (primary N) is 1. The molecule has 0 radical (unpaired) electrons. The van der Waals surface area contributed by atoms with Crippen LogP contribution in [0.1, 0.15) is 25.5 Å². The summed E-state index contributed by atoms with van der Waals surface area (Å²) in [5.74, 6) is 6.49. The van der Waals surface area contributed by atoms with Gasteiger partial charge in [0.05, 0.1) is 31.6 Å². The fourth-order valence-corrected chi connectivity index (χ4v) is 2.49. The third-order valence-corrected chi connectivity index (χ3v) is 3.58. The lowest BCUT2D eigenvalue weighted by atomic mass is 10.0. The van der Waals surface area contributed by atoms with Crippen molar-refractivity contribution in [1.82, 2.24) is 15.3 Å². The van der Waals surface area contributed by atoms with E-state index in [0.29, 0.717) is 6.61 Å². The minimum Gasteiger partial charge on any atom is -0.492 e. The molecule has 112 valence electrons. The molecule has 1 aliphatic heterocycles. The Morgan fingerprint density at radius 3 is 3.10 bits per heavy atom. The molecule has 6 heteroatoms. The number of nitrogens with one attached hydrogen (secondary N) is 1. The molecule has 0 amide bonds. The van der Waals surface area contributed by atoms with Gasteiger partial charge in [-0.2, -0.15) is 0 Å². The predicted molar refractivity (Wildman–Crippen MR) is 77.3 cm³/mol. The number of ether oxygens (including phenoxy) is 2. The molecule has 0 saturated carbocycles. The second-order valence-electron chi connectivity index (χ2n) is 4.83. The third-order valence-electron chi connectivity index (χ3n) is 3.58. The number of hydrazine groups is 1. The maximum absolute atomic E-state index is 5.86. The predicted octanol–water partition coefficient (Wildman–Crippen LogP) is 0.705. The molecule has 20 heavy (non-hydrogen) atoms. The van der Waals surface area contributed by atoms with E-state index in [2.05, 4.69) is 22.2 Å². The minimum atomic E-state index is -0.0859. The Kier molecular flexibility index (Phi) is 5.72. The monoisotopic (exact) mass is 280 g/mol. The van der Waals surface area contributed by atoms with E-state index in [9.17, 15) is 0 Å². The highest BCUT2D eigenvalue weighted by molar-refractivity contribution is 5.27. The van der Waals surface area contributed by atoms with Gasteiger partial charge in [0, 0.05) is 19.3 Å². The maximum Gasteiger partial charge on any atom is 0.137 e. The molecule has 1 aromatic heterocycles. The SMILES string of the molecule is CCOc1cncc(C(NN)C2CN(CC)CCO2)c1. The summed E-state index contributed by atoms with van der Waals surface area (Å²) < 4.78 is 11.4. The van der Waals surface area contributed by atoms with Crippen LogP contribution in [0, 0.1) is 0 Å². The van der Waals surface area contributed by atoms with Gasteiger partial charge in [-0.1, -0.05) is 6.92 Å². The zero-order chi connectivity index (χ0) is 14.4. The Labute approximate surface area is 120 Å². The highest BCUT2D eigenvalue weighted by Crippen LogP contribution is 2.24. The molecule has 0 bridgehead atoms. The molecule has 1 aromatic rings. The molecular weight excluding hydrogens is 256 g/mol. The Morgan fingerprint density at radius 1 is 1.55 bits per heavy atom. The molecule has 2 rings (SSSR count). The molecule has 0 spiro atoms. The van der Waals surface area contributed by atoms with Gasteiger partial charge in [0.15, 0.2) is 0 Å². The van der Waals surface area contributed by atoms with Crippen molar-refractivity contribution >= 4 is 0 Å². The van der Waals surface area contributed by atoms with Gasteiger partial charge in [-0.05, 0) is 25.1 Å². The third kappa shape index (κ3) is 3.67. The van der Waals surface area contributed by atoms with Gasteiger partial charge in [0.1, 0.15) is 5.75 Å². The zero-order valence-electron chi connectivity index (χ0n) is 12.2. The molecule has 3 N–H and O–H groups in total. The lowest BCUT2D eigenvalue weighted by Crippen LogP contribution is -2.49. The smallest absolute Gasteiger partial charge is 0.137 e. The normalized spacial score (nSPS) is 21.6. The van der Waals surface area contributed by atoms with Crippen molar-refractivity contribution in [3.05, 3.63) is 24.0 Å². The first kappa shape index (κ1) is 15.2. The minimum absolute atomic E-state index is 0.0207. The number of hydrogen-bond acceptors (Lipinski definition) is 6.